The number of fused-ring (bicyclic) bond motifs is 1. The lowest BCUT2D eigenvalue weighted by atomic mass is 10.3. The van der Waals surface area contributed by atoms with Crippen molar-refractivity contribution in [1.82, 2.24) is 13.4 Å². The summed E-state index contributed by atoms with van der Waals surface area (Å²) < 4.78 is 30.7. The second-order valence-corrected chi connectivity index (χ2v) is 8.38. The number of halogens is 1. The Bertz CT molecular complexity index is 899. The Kier molecular flexibility index (Phi) is 5.05. The Balaban J connectivity index is 2.74. The van der Waals surface area contributed by atoms with E-state index in [2.05, 4.69) is 15.9 Å². The fourth-order valence-corrected chi connectivity index (χ4v) is 5.27. The van der Waals surface area contributed by atoms with E-state index in [1.807, 2.05) is 0 Å². The van der Waals surface area contributed by atoms with E-state index in [1.165, 1.54) is 19.5 Å². The third kappa shape index (κ3) is 2.98. The minimum atomic E-state index is -3.72. The van der Waals surface area contributed by atoms with Gasteiger partial charge in [0.15, 0.2) is 0 Å². The molecule has 1 aromatic heterocycles. The summed E-state index contributed by atoms with van der Waals surface area (Å²) in [4.78, 5) is 12.2. The molecule has 23 heavy (non-hydrogen) atoms. The van der Waals surface area contributed by atoms with Crippen LogP contribution in [-0.2, 0) is 24.1 Å². The van der Waals surface area contributed by atoms with Crippen molar-refractivity contribution in [2.45, 2.75) is 24.8 Å². The molecule has 0 amide bonds. The Morgan fingerprint density at radius 3 is 2.22 bits per heavy atom. The summed E-state index contributed by atoms with van der Waals surface area (Å²) in [6.45, 7) is 4.08. The van der Waals surface area contributed by atoms with Crippen molar-refractivity contribution in [2.75, 3.05) is 13.1 Å². The smallest absolute Gasteiger partial charge is 0.328 e. The zero-order valence-corrected chi connectivity index (χ0v) is 16.0. The SMILES string of the molecule is CC(C)N(CCN)S(=O)(=O)c1cc2c(cc1Br)n(C)c(=O)n2C. The van der Waals surface area contributed by atoms with E-state index >= 15 is 0 Å². The van der Waals surface area contributed by atoms with Crippen molar-refractivity contribution in [2.24, 2.45) is 19.8 Å². The first-order chi connectivity index (χ1) is 10.6. The lowest BCUT2D eigenvalue weighted by Gasteiger charge is -2.25. The molecule has 0 aliphatic carbocycles. The van der Waals surface area contributed by atoms with E-state index in [4.69, 9.17) is 5.73 Å². The van der Waals surface area contributed by atoms with Crippen LogP contribution in [0.4, 0.5) is 0 Å². The quantitative estimate of drug-likeness (QED) is 0.804. The molecule has 2 aromatic rings. The van der Waals surface area contributed by atoms with Crippen molar-refractivity contribution in [3.05, 3.63) is 27.1 Å². The third-order valence-electron chi connectivity index (χ3n) is 3.84. The number of rotatable bonds is 5. The minimum Gasteiger partial charge on any atom is -0.329 e. The van der Waals surface area contributed by atoms with E-state index in [0.29, 0.717) is 15.5 Å². The average Bonchev–Trinajstić information content (AvgIpc) is 2.68. The predicted molar refractivity (Wildman–Crippen MR) is 93.9 cm³/mol. The molecule has 7 nitrogen and oxygen atoms in total. The van der Waals surface area contributed by atoms with Crippen molar-refractivity contribution < 1.29 is 8.42 Å². The maximum Gasteiger partial charge on any atom is 0.328 e. The highest BCUT2D eigenvalue weighted by Crippen LogP contribution is 2.30. The molecule has 0 fully saturated rings. The van der Waals surface area contributed by atoms with E-state index in [0.717, 1.165) is 0 Å². The summed E-state index contributed by atoms with van der Waals surface area (Å²) in [7, 11) is -0.450. The van der Waals surface area contributed by atoms with E-state index in [-0.39, 0.29) is 29.7 Å². The van der Waals surface area contributed by atoms with Gasteiger partial charge in [0.1, 0.15) is 0 Å². The highest BCUT2D eigenvalue weighted by molar-refractivity contribution is 9.10. The zero-order valence-electron chi connectivity index (χ0n) is 13.6. The molecule has 0 atom stereocenters. The number of nitrogens with two attached hydrogens (primary N) is 1. The second kappa shape index (κ2) is 6.39. The first-order valence-corrected chi connectivity index (χ1v) is 9.43. The molecule has 0 aliphatic heterocycles. The Labute approximate surface area is 143 Å². The van der Waals surface area contributed by atoms with E-state index in [1.54, 1.807) is 34.0 Å². The van der Waals surface area contributed by atoms with Gasteiger partial charge < -0.3 is 5.73 Å². The van der Waals surface area contributed by atoms with Gasteiger partial charge in [-0.25, -0.2) is 13.2 Å². The largest absolute Gasteiger partial charge is 0.329 e. The summed E-state index contributed by atoms with van der Waals surface area (Å²) in [5.74, 6) is 0. The predicted octanol–water partition coefficient (Wildman–Crippen LogP) is 0.997. The van der Waals surface area contributed by atoms with E-state index in [9.17, 15) is 13.2 Å². The first kappa shape index (κ1) is 18.2. The Morgan fingerprint density at radius 2 is 1.74 bits per heavy atom. The van der Waals surface area contributed by atoms with Crippen LogP contribution in [-0.4, -0.2) is 41.0 Å². The van der Waals surface area contributed by atoms with Gasteiger partial charge in [-0.05, 0) is 41.9 Å². The van der Waals surface area contributed by atoms with Gasteiger partial charge in [-0.15, -0.1) is 0 Å². The number of sulfonamides is 1. The van der Waals surface area contributed by atoms with Gasteiger partial charge in [-0.2, -0.15) is 4.31 Å². The number of aromatic nitrogens is 2. The molecule has 0 aliphatic rings. The highest BCUT2D eigenvalue weighted by atomic mass is 79.9. The van der Waals surface area contributed by atoms with Gasteiger partial charge in [-0.1, -0.05) is 0 Å². The first-order valence-electron chi connectivity index (χ1n) is 7.19. The lowest BCUT2D eigenvalue weighted by molar-refractivity contribution is 0.361. The number of aryl methyl sites for hydroxylation is 2. The average molecular weight is 405 g/mol. The van der Waals surface area contributed by atoms with Crippen molar-refractivity contribution in [3.63, 3.8) is 0 Å². The minimum absolute atomic E-state index is 0.133. The third-order valence-corrected chi connectivity index (χ3v) is 6.87. The number of nitrogens with zero attached hydrogens (tertiary/aromatic N) is 3. The topological polar surface area (TPSA) is 90.3 Å². The maximum atomic E-state index is 13.0. The lowest BCUT2D eigenvalue weighted by Crippen LogP contribution is -2.40. The Morgan fingerprint density at radius 1 is 1.22 bits per heavy atom. The zero-order chi connectivity index (χ0) is 17.5. The van der Waals surface area contributed by atoms with Crippen LogP contribution >= 0.6 is 15.9 Å². The maximum absolute atomic E-state index is 13.0. The summed E-state index contributed by atoms with van der Waals surface area (Å²) >= 11 is 3.33. The van der Waals surface area contributed by atoms with Crippen LogP contribution in [0.1, 0.15) is 13.8 Å². The molecule has 0 saturated carbocycles. The molecule has 9 heteroatoms. The molecule has 0 bridgehead atoms. The molecule has 1 heterocycles. The normalized spacial score (nSPS) is 12.7. The molecule has 0 radical (unpaired) electrons. The van der Waals surface area contributed by atoms with Crippen LogP contribution < -0.4 is 11.4 Å². The van der Waals surface area contributed by atoms with Crippen molar-refractivity contribution >= 4 is 37.0 Å². The molecule has 0 spiro atoms. The van der Waals surface area contributed by atoms with Crippen LogP contribution in [0, 0.1) is 0 Å². The number of hydrogen-bond acceptors (Lipinski definition) is 4. The molecular formula is C14H21BrN4O3S. The van der Waals surface area contributed by atoms with Crippen LogP contribution in [0.5, 0.6) is 0 Å². The standard InChI is InChI=1S/C14H21BrN4O3S/c1-9(2)19(6-5-16)23(21,22)13-8-12-11(7-10(13)15)17(3)14(20)18(12)4/h7-9H,5-6,16H2,1-4H3. The van der Waals surface area contributed by atoms with Gasteiger partial charge in [0.2, 0.25) is 10.0 Å². The van der Waals surface area contributed by atoms with Crippen LogP contribution in [0.3, 0.4) is 0 Å². The Hall–Kier alpha value is -1.16. The molecule has 0 unspecified atom stereocenters. The van der Waals surface area contributed by atoms with Gasteiger partial charge in [0.25, 0.3) is 0 Å². The van der Waals surface area contributed by atoms with Gasteiger partial charge >= 0.3 is 5.69 Å². The summed E-state index contributed by atoms with van der Waals surface area (Å²) in [5.41, 5.74) is 6.58. The van der Waals surface area contributed by atoms with Gasteiger partial charge in [0.05, 0.1) is 15.9 Å². The number of hydrogen-bond donors (Lipinski definition) is 1. The summed E-state index contributed by atoms with van der Waals surface area (Å²) in [6, 6.07) is 2.97. The highest BCUT2D eigenvalue weighted by Gasteiger charge is 2.29. The molecular weight excluding hydrogens is 384 g/mol. The molecule has 128 valence electrons. The fraction of sp³-hybridized carbons (Fsp3) is 0.500. The van der Waals surface area contributed by atoms with Crippen molar-refractivity contribution in [3.8, 4) is 0 Å². The molecule has 1 aromatic carbocycles. The van der Waals surface area contributed by atoms with Crippen LogP contribution in [0.2, 0.25) is 0 Å². The molecule has 2 rings (SSSR count). The fourth-order valence-electron chi connectivity index (χ4n) is 2.61. The second-order valence-electron chi connectivity index (χ2n) is 5.67. The number of benzene rings is 1. The number of imidazole rings is 1. The monoisotopic (exact) mass is 404 g/mol. The van der Waals surface area contributed by atoms with Gasteiger partial charge in [0, 0.05) is 37.7 Å². The summed E-state index contributed by atoms with van der Waals surface area (Å²) in [6.07, 6.45) is 0. The van der Waals surface area contributed by atoms with Crippen LogP contribution in [0.15, 0.2) is 26.3 Å². The summed E-state index contributed by atoms with van der Waals surface area (Å²) in [5, 5.41) is 0. The van der Waals surface area contributed by atoms with Gasteiger partial charge in [-0.3, -0.25) is 9.13 Å². The molecule has 0 saturated heterocycles. The van der Waals surface area contributed by atoms with Crippen LogP contribution in [0.25, 0.3) is 11.0 Å². The molecule has 2 N–H and O–H groups in total. The van der Waals surface area contributed by atoms with E-state index < -0.39 is 10.0 Å². The van der Waals surface area contributed by atoms with Crippen molar-refractivity contribution in [1.29, 1.82) is 0 Å².